The Kier molecular flexibility index (Phi) is 8.75. The summed E-state index contributed by atoms with van der Waals surface area (Å²) in [6.07, 6.45) is 9.21. The predicted octanol–water partition coefficient (Wildman–Crippen LogP) is 3.81. The van der Waals surface area contributed by atoms with Crippen molar-refractivity contribution < 1.29 is 23.8 Å². The number of likely N-dealkylation sites (tertiary alicyclic amines) is 2. The summed E-state index contributed by atoms with van der Waals surface area (Å²) in [5.74, 6) is -0.103. The maximum atomic E-state index is 13.4. The van der Waals surface area contributed by atoms with Crippen molar-refractivity contribution >= 4 is 5.91 Å². The van der Waals surface area contributed by atoms with E-state index >= 15 is 0 Å². The van der Waals surface area contributed by atoms with Crippen LogP contribution in [0.4, 0.5) is 4.39 Å². The summed E-state index contributed by atoms with van der Waals surface area (Å²) in [6.45, 7) is 4.44. The minimum Gasteiger partial charge on any atom is -0.459 e. The number of aliphatic hydroxyl groups excluding tert-OH is 1. The summed E-state index contributed by atoms with van der Waals surface area (Å²) >= 11 is 0. The smallest absolute Gasteiger partial charge is 0.288 e. The van der Waals surface area contributed by atoms with E-state index in [0.717, 1.165) is 37.9 Å². The first kappa shape index (κ1) is 24.2. The lowest BCUT2D eigenvalue weighted by molar-refractivity contribution is -0.153. The molecule has 0 bridgehead atoms. The van der Waals surface area contributed by atoms with Crippen molar-refractivity contribution in [2.75, 3.05) is 39.4 Å². The summed E-state index contributed by atoms with van der Waals surface area (Å²) in [7, 11) is 0. The fraction of sp³-hybridized carbons (Fsp3) is 0.654. The summed E-state index contributed by atoms with van der Waals surface area (Å²) in [5.41, 5.74) is 0.942. The molecule has 2 atom stereocenters. The number of rotatable bonds is 8. The molecule has 3 aliphatic rings. The highest BCUT2D eigenvalue weighted by atomic mass is 19.1. The Morgan fingerprint density at radius 3 is 2.48 bits per heavy atom. The average molecular weight is 461 g/mol. The highest BCUT2D eigenvalue weighted by molar-refractivity contribution is 5.91. The molecule has 0 radical (unpaired) electrons. The molecule has 2 fully saturated rings. The second-order valence-electron chi connectivity index (χ2n) is 9.39. The zero-order valence-electron chi connectivity index (χ0n) is 19.5. The molecule has 0 aromatic heterocycles. The molecule has 0 saturated carbocycles. The van der Waals surface area contributed by atoms with Gasteiger partial charge in [0.05, 0.1) is 6.61 Å². The number of halogens is 1. The van der Waals surface area contributed by atoms with E-state index in [1.807, 2.05) is 11.0 Å². The Balaban J connectivity index is 1.40. The second-order valence-corrected chi connectivity index (χ2v) is 9.39. The van der Waals surface area contributed by atoms with Gasteiger partial charge in [-0.3, -0.25) is 4.79 Å². The molecular formula is C26H37FN2O4. The average Bonchev–Trinajstić information content (AvgIpc) is 2.87. The van der Waals surface area contributed by atoms with Crippen LogP contribution in [-0.4, -0.2) is 72.5 Å². The first-order valence-electron chi connectivity index (χ1n) is 12.5. The van der Waals surface area contributed by atoms with Gasteiger partial charge in [-0.25, -0.2) is 4.39 Å². The molecule has 0 spiro atoms. The van der Waals surface area contributed by atoms with Crippen LogP contribution >= 0.6 is 0 Å². The molecule has 3 heterocycles. The van der Waals surface area contributed by atoms with Gasteiger partial charge in [-0.05, 0) is 75.4 Å². The van der Waals surface area contributed by atoms with E-state index in [2.05, 4.69) is 4.90 Å². The molecule has 33 heavy (non-hydrogen) atoms. The largest absolute Gasteiger partial charge is 0.459 e. The fourth-order valence-corrected chi connectivity index (χ4v) is 5.16. The maximum absolute atomic E-state index is 13.4. The van der Waals surface area contributed by atoms with Crippen LogP contribution in [-0.2, 0) is 14.3 Å². The van der Waals surface area contributed by atoms with Gasteiger partial charge in [-0.15, -0.1) is 0 Å². The molecular weight excluding hydrogens is 423 g/mol. The molecule has 0 aliphatic carbocycles. The minimum absolute atomic E-state index is 0.0768. The molecule has 182 valence electrons. The van der Waals surface area contributed by atoms with E-state index in [1.165, 1.54) is 44.5 Å². The SMILES string of the molecule is O=C(C1=C[C@@H](c2ccc(F)cc2)C[C@@H](OCCCCO)O1)N1CCC(N2CCCCC2)CC1. The summed E-state index contributed by atoms with van der Waals surface area (Å²) < 4.78 is 25.3. The van der Waals surface area contributed by atoms with Crippen LogP contribution in [0.15, 0.2) is 36.1 Å². The lowest BCUT2D eigenvalue weighted by Crippen LogP contribution is -2.49. The standard InChI is InChI=1S/C26H37FN2O4/c27-22-8-6-20(7-9-22)21-18-24(33-25(19-21)32-17-5-4-16-30)26(31)29-14-10-23(11-15-29)28-12-2-1-3-13-28/h6-9,18,21,23,25,30H,1-5,10-17,19H2/t21-,25+/m1/s1. The Morgan fingerprint density at radius 2 is 1.79 bits per heavy atom. The van der Waals surface area contributed by atoms with Crippen molar-refractivity contribution in [1.29, 1.82) is 0 Å². The van der Waals surface area contributed by atoms with Crippen LogP contribution in [0.3, 0.4) is 0 Å². The lowest BCUT2D eigenvalue weighted by atomic mass is 9.92. The first-order chi connectivity index (χ1) is 16.1. The number of hydrogen-bond acceptors (Lipinski definition) is 5. The molecule has 1 aromatic rings. The van der Waals surface area contributed by atoms with Crippen LogP contribution in [0.5, 0.6) is 0 Å². The van der Waals surface area contributed by atoms with E-state index in [-0.39, 0.29) is 24.2 Å². The molecule has 7 heteroatoms. The Hall–Kier alpha value is -1.96. The highest BCUT2D eigenvalue weighted by Crippen LogP contribution is 2.33. The molecule has 6 nitrogen and oxygen atoms in total. The number of unbranched alkanes of at least 4 members (excludes halogenated alkanes) is 1. The number of aliphatic hydroxyl groups is 1. The van der Waals surface area contributed by atoms with Gasteiger partial charge in [0.1, 0.15) is 5.82 Å². The summed E-state index contributed by atoms with van der Waals surface area (Å²) in [6, 6.07) is 6.99. The van der Waals surface area contributed by atoms with E-state index in [1.54, 1.807) is 12.1 Å². The fourth-order valence-electron chi connectivity index (χ4n) is 5.16. The van der Waals surface area contributed by atoms with Gasteiger partial charge in [0.15, 0.2) is 5.76 Å². The maximum Gasteiger partial charge on any atom is 0.288 e. The van der Waals surface area contributed by atoms with Crippen LogP contribution in [0.2, 0.25) is 0 Å². The second kappa shape index (κ2) is 12.0. The zero-order chi connectivity index (χ0) is 23.0. The van der Waals surface area contributed by atoms with Crippen LogP contribution in [0.25, 0.3) is 0 Å². The van der Waals surface area contributed by atoms with Crippen molar-refractivity contribution in [3.8, 4) is 0 Å². The van der Waals surface area contributed by atoms with Gasteiger partial charge < -0.3 is 24.4 Å². The molecule has 1 N–H and O–H groups in total. The number of nitrogens with zero attached hydrogens (tertiary/aromatic N) is 2. The number of ether oxygens (including phenoxy) is 2. The molecule has 2 saturated heterocycles. The van der Waals surface area contributed by atoms with Crippen molar-refractivity contribution in [3.63, 3.8) is 0 Å². The normalized spacial score (nSPS) is 24.9. The van der Waals surface area contributed by atoms with E-state index in [9.17, 15) is 9.18 Å². The number of amides is 1. The van der Waals surface area contributed by atoms with Crippen molar-refractivity contribution in [2.24, 2.45) is 0 Å². The van der Waals surface area contributed by atoms with Gasteiger partial charge in [0.2, 0.25) is 6.29 Å². The third kappa shape index (κ3) is 6.55. The van der Waals surface area contributed by atoms with Gasteiger partial charge >= 0.3 is 0 Å². The Morgan fingerprint density at radius 1 is 1.06 bits per heavy atom. The number of carbonyl (C=O) groups excluding carboxylic acids is 1. The number of piperidine rings is 2. The lowest BCUT2D eigenvalue weighted by Gasteiger charge is -2.40. The van der Waals surface area contributed by atoms with Crippen molar-refractivity contribution in [2.45, 2.75) is 69.6 Å². The summed E-state index contributed by atoms with van der Waals surface area (Å²) in [5, 5.41) is 9.00. The van der Waals surface area contributed by atoms with Gasteiger partial charge in [-0.1, -0.05) is 18.6 Å². The monoisotopic (exact) mass is 460 g/mol. The number of carbonyl (C=O) groups is 1. The Bertz CT molecular complexity index is 786. The molecule has 3 aliphatic heterocycles. The van der Waals surface area contributed by atoms with Gasteiger partial charge in [0.25, 0.3) is 5.91 Å². The molecule has 1 amide bonds. The van der Waals surface area contributed by atoms with Crippen LogP contribution < -0.4 is 0 Å². The van der Waals surface area contributed by atoms with Crippen LogP contribution in [0, 0.1) is 5.82 Å². The van der Waals surface area contributed by atoms with Gasteiger partial charge in [0, 0.05) is 38.1 Å². The number of hydrogen-bond donors (Lipinski definition) is 1. The predicted molar refractivity (Wildman–Crippen MR) is 124 cm³/mol. The summed E-state index contributed by atoms with van der Waals surface area (Å²) in [4.78, 5) is 17.9. The zero-order valence-corrected chi connectivity index (χ0v) is 19.5. The molecule has 4 rings (SSSR count). The van der Waals surface area contributed by atoms with Crippen molar-refractivity contribution in [3.05, 3.63) is 47.5 Å². The topological polar surface area (TPSA) is 62.2 Å². The van der Waals surface area contributed by atoms with Crippen LogP contribution in [0.1, 0.15) is 62.8 Å². The third-order valence-electron chi connectivity index (χ3n) is 7.08. The Labute approximate surface area is 196 Å². The van der Waals surface area contributed by atoms with E-state index in [0.29, 0.717) is 31.2 Å². The van der Waals surface area contributed by atoms with E-state index in [4.69, 9.17) is 14.6 Å². The first-order valence-corrected chi connectivity index (χ1v) is 12.5. The van der Waals surface area contributed by atoms with Crippen molar-refractivity contribution in [1.82, 2.24) is 9.80 Å². The molecule has 0 unspecified atom stereocenters. The number of allylic oxidation sites excluding steroid dienone is 1. The number of benzene rings is 1. The van der Waals surface area contributed by atoms with E-state index < -0.39 is 6.29 Å². The third-order valence-corrected chi connectivity index (χ3v) is 7.08. The highest BCUT2D eigenvalue weighted by Gasteiger charge is 2.33. The molecule has 1 aromatic carbocycles. The quantitative estimate of drug-likeness (QED) is 0.598. The van der Waals surface area contributed by atoms with Gasteiger partial charge in [-0.2, -0.15) is 0 Å². The minimum atomic E-state index is -0.534.